The molecule has 1 saturated carbocycles. The molecule has 2 amide bonds. The van der Waals surface area contributed by atoms with Crippen LogP contribution >= 0.6 is 15.9 Å². The van der Waals surface area contributed by atoms with Gasteiger partial charge in [0.05, 0.1) is 12.5 Å². The molecule has 1 aliphatic carbocycles. The molecule has 3 atom stereocenters. The summed E-state index contributed by atoms with van der Waals surface area (Å²) in [6, 6.07) is 7.83. The predicted octanol–water partition coefficient (Wildman–Crippen LogP) is 1.15. The third-order valence-electron chi connectivity index (χ3n) is 4.50. The maximum absolute atomic E-state index is 12.2. The number of anilines is 1. The number of nitrogens with one attached hydrogen (secondary N) is 2. The van der Waals surface area contributed by atoms with E-state index in [9.17, 15) is 9.59 Å². The summed E-state index contributed by atoms with van der Waals surface area (Å²) in [4.78, 5) is 24.3. The van der Waals surface area contributed by atoms with Crippen LogP contribution in [0.25, 0.3) is 0 Å². The Morgan fingerprint density at radius 1 is 1.27 bits per heavy atom. The van der Waals surface area contributed by atoms with E-state index in [1.54, 1.807) is 0 Å². The van der Waals surface area contributed by atoms with Gasteiger partial charge >= 0.3 is 0 Å². The lowest BCUT2D eigenvalue weighted by Gasteiger charge is -2.37. The van der Waals surface area contributed by atoms with Crippen LogP contribution in [0.3, 0.4) is 0 Å². The van der Waals surface area contributed by atoms with E-state index in [0.717, 1.165) is 23.0 Å². The third kappa shape index (κ3) is 3.67. The first-order valence-electron chi connectivity index (χ1n) is 7.82. The maximum Gasteiger partial charge on any atom is 0.279 e. The predicted molar refractivity (Wildman–Crippen MR) is 87.3 cm³/mol. The van der Waals surface area contributed by atoms with E-state index in [1.807, 2.05) is 24.3 Å². The van der Waals surface area contributed by atoms with Crippen molar-refractivity contribution in [3.63, 3.8) is 0 Å². The Kier molecular flexibility index (Phi) is 4.78. The molecule has 6 heteroatoms. The van der Waals surface area contributed by atoms with E-state index in [0.29, 0.717) is 6.04 Å². The highest BCUT2D eigenvalue weighted by atomic mass is 79.9. The molecule has 0 bridgehead atoms. The van der Waals surface area contributed by atoms with Crippen molar-refractivity contribution in [3.05, 3.63) is 28.7 Å². The van der Waals surface area contributed by atoms with Crippen molar-refractivity contribution >= 4 is 33.4 Å². The average Bonchev–Trinajstić information content (AvgIpc) is 2.50. The molecule has 5 nitrogen and oxygen atoms in total. The number of benzene rings is 1. The minimum absolute atomic E-state index is 0.00546. The fraction of sp³-hybridized carbons (Fsp3) is 0.500. The van der Waals surface area contributed by atoms with Gasteiger partial charge in [0.1, 0.15) is 6.04 Å². The number of nitrogens with two attached hydrogens (primary N) is 1. The van der Waals surface area contributed by atoms with Crippen molar-refractivity contribution in [2.24, 2.45) is 0 Å². The van der Waals surface area contributed by atoms with Crippen molar-refractivity contribution in [3.8, 4) is 0 Å². The van der Waals surface area contributed by atoms with E-state index < -0.39 is 0 Å². The second-order valence-electron chi connectivity index (χ2n) is 6.12. The molecule has 0 aromatic heterocycles. The highest BCUT2D eigenvalue weighted by molar-refractivity contribution is 9.10. The van der Waals surface area contributed by atoms with Crippen LogP contribution in [0.4, 0.5) is 5.69 Å². The minimum atomic E-state index is -0.310. The van der Waals surface area contributed by atoms with Gasteiger partial charge in [-0.1, -0.05) is 22.4 Å². The summed E-state index contributed by atoms with van der Waals surface area (Å²) in [6.45, 7) is 0. The van der Waals surface area contributed by atoms with Crippen molar-refractivity contribution in [1.82, 2.24) is 5.32 Å². The van der Waals surface area contributed by atoms with Crippen molar-refractivity contribution in [1.29, 1.82) is 0 Å². The van der Waals surface area contributed by atoms with Gasteiger partial charge in [-0.05, 0) is 37.1 Å². The number of rotatable bonds is 3. The number of carbonyl (C=O) groups is 2. The molecule has 1 heterocycles. The Bertz CT molecular complexity index is 561. The summed E-state index contributed by atoms with van der Waals surface area (Å²) in [7, 11) is 0. The van der Waals surface area contributed by atoms with Gasteiger partial charge in [-0.2, -0.15) is 0 Å². The number of carbonyl (C=O) groups excluding carboxylic acids is 2. The first-order valence-corrected chi connectivity index (χ1v) is 8.62. The Morgan fingerprint density at radius 3 is 2.77 bits per heavy atom. The molecule has 118 valence electrons. The summed E-state index contributed by atoms with van der Waals surface area (Å²) in [6.07, 6.45) is 4.79. The standard InChI is InChI=1S/C16H20BrN3O2/c17-10-5-7-11(8-6-10)18-15(21)9-14-16(22)20-13-4-2-1-3-12(13)19-14/h5-8,12-14,19H,1-4,9H2,(H,18,21)(H,20,22)/p+1/t12-,13-,14+/m0/s1. The zero-order chi connectivity index (χ0) is 15.5. The lowest BCUT2D eigenvalue weighted by Crippen LogP contribution is -3.03. The van der Waals surface area contributed by atoms with E-state index in [1.165, 1.54) is 12.8 Å². The number of piperazine rings is 1. The molecule has 2 fully saturated rings. The average molecular weight is 367 g/mol. The fourth-order valence-corrected chi connectivity index (χ4v) is 3.61. The van der Waals surface area contributed by atoms with Gasteiger partial charge in [0.2, 0.25) is 5.91 Å². The summed E-state index contributed by atoms with van der Waals surface area (Å²) >= 11 is 3.36. The van der Waals surface area contributed by atoms with Crippen molar-refractivity contribution in [2.75, 3.05) is 5.32 Å². The highest BCUT2D eigenvalue weighted by Crippen LogP contribution is 2.19. The second-order valence-corrected chi connectivity index (χ2v) is 7.04. The summed E-state index contributed by atoms with van der Waals surface area (Å²) < 4.78 is 0.967. The first kappa shape index (κ1) is 15.5. The number of quaternary nitrogens is 1. The summed E-state index contributed by atoms with van der Waals surface area (Å²) in [5, 5.41) is 8.04. The van der Waals surface area contributed by atoms with Crippen LogP contribution in [0.15, 0.2) is 28.7 Å². The third-order valence-corrected chi connectivity index (χ3v) is 5.03. The molecule has 0 radical (unpaired) electrons. The van der Waals surface area contributed by atoms with Crippen LogP contribution in [0.1, 0.15) is 32.1 Å². The second kappa shape index (κ2) is 6.79. The normalized spacial score (nSPS) is 27.7. The van der Waals surface area contributed by atoms with Crippen LogP contribution in [0.2, 0.25) is 0 Å². The number of hydrogen-bond donors (Lipinski definition) is 3. The summed E-state index contributed by atoms with van der Waals surface area (Å²) in [5.41, 5.74) is 0.750. The molecule has 1 aromatic carbocycles. The van der Waals surface area contributed by atoms with Gasteiger partial charge in [-0.25, -0.2) is 0 Å². The van der Waals surface area contributed by atoms with Crippen LogP contribution in [-0.2, 0) is 9.59 Å². The minimum Gasteiger partial charge on any atom is -0.342 e. The number of halogens is 1. The number of fused-ring (bicyclic) bond motifs is 1. The number of hydrogen-bond acceptors (Lipinski definition) is 2. The molecule has 4 N–H and O–H groups in total. The molecular weight excluding hydrogens is 346 g/mol. The molecule has 22 heavy (non-hydrogen) atoms. The van der Waals surface area contributed by atoms with Gasteiger partial charge in [0.15, 0.2) is 6.04 Å². The lowest BCUT2D eigenvalue weighted by atomic mass is 9.87. The molecule has 2 aliphatic rings. The van der Waals surface area contributed by atoms with Gasteiger partial charge in [0.25, 0.3) is 5.91 Å². The van der Waals surface area contributed by atoms with E-state index in [2.05, 4.69) is 31.9 Å². The van der Waals surface area contributed by atoms with Gasteiger partial charge in [-0.3, -0.25) is 9.59 Å². The molecule has 1 saturated heterocycles. The largest absolute Gasteiger partial charge is 0.342 e. The quantitative estimate of drug-likeness (QED) is 0.750. The van der Waals surface area contributed by atoms with Crippen LogP contribution in [0, 0.1) is 0 Å². The van der Waals surface area contributed by atoms with Gasteiger partial charge in [-0.15, -0.1) is 0 Å². The topological polar surface area (TPSA) is 74.8 Å². The van der Waals surface area contributed by atoms with E-state index in [4.69, 9.17) is 0 Å². The zero-order valence-corrected chi connectivity index (χ0v) is 13.9. The lowest BCUT2D eigenvalue weighted by molar-refractivity contribution is -0.718. The molecule has 0 spiro atoms. The molecule has 0 unspecified atom stereocenters. The van der Waals surface area contributed by atoms with E-state index >= 15 is 0 Å². The van der Waals surface area contributed by atoms with Crippen molar-refractivity contribution in [2.45, 2.75) is 50.2 Å². The Labute approximate surface area is 138 Å². The Hall–Kier alpha value is -1.40. The Balaban J connectivity index is 1.56. The molecule has 1 aromatic rings. The van der Waals surface area contributed by atoms with Crippen LogP contribution in [-0.4, -0.2) is 29.9 Å². The van der Waals surface area contributed by atoms with Crippen LogP contribution in [0.5, 0.6) is 0 Å². The Morgan fingerprint density at radius 2 is 2.00 bits per heavy atom. The molecule has 3 rings (SSSR count). The van der Waals surface area contributed by atoms with Gasteiger partial charge < -0.3 is 16.0 Å². The number of amides is 2. The smallest absolute Gasteiger partial charge is 0.279 e. The molecule has 1 aliphatic heterocycles. The van der Waals surface area contributed by atoms with Crippen molar-refractivity contribution < 1.29 is 14.9 Å². The van der Waals surface area contributed by atoms with E-state index in [-0.39, 0.29) is 30.3 Å². The molecular formula is C16H21BrN3O2+. The highest BCUT2D eigenvalue weighted by Gasteiger charge is 2.40. The zero-order valence-electron chi connectivity index (χ0n) is 12.3. The SMILES string of the molecule is O=C(C[C@H]1[NH2+][C@H]2CCCC[C@@H]2NC1=O)Nc1ccc(Br)cc1. The van der Waals surface area contributed by atoms with Gasteiger partial charge in [0, 0.05) is 16.6 Å². The van der Waals surface area contributed by atoms with Crippen LogP contribution < -0.4 is 16.0 Å². The summed E-state index contributed by atoms with van der Waals surface area (Å²) in [5.74, 6) is -0.123. The maximum atomic E-state index is 12.2. The first-order chi connectivity index (χ1) is 10.6. The monoisotopic (exact) mass is 366 g/mol. The fourth-order valence-electron chi connectivity index (χ4n) is 3.35.